The number of fused-ring (bicyclic) bond motifs is 1. The van der Waals surface area contributed by atoms with Crippen LogP contribution in [0.2, 0.25) is 0 Å². The summed E-state index contributed by atoms with van der Waals surface area (Å²) in [6, 6.07) is 14.6. The molecule has 4 aromatic heterocycles. The highest BCUT2D eigenvalue weighted by atomic mass is 16.5. The van der Waals surface area contributed by atoms with Gasteiger partial charge in [0.05, 0.1) is 31.0 Å². The molecule has 0 N–H and O–H groups in total. The molecule has 0 atom stereocenters. The van der Waals surface area contributed by atoms with E-state index in [2.05, 4.69) is 60.3 Å². The SMILES string of the molecule is COc1ncc(-c2cc(-c3ccn(Cc4ccnc5ccccc45)c3)c(C)nn2)c(OC)n1. The summed E-state index contributed by atoms with van der Waals surface area (Å²) in [6.45, 7) is 2.69. The number of pyridine rings is 1. The van der Waals surface area contributed by atoms with Crippen LogP contribution in [0.25, 0.3) is 33.3 Å². The molecule has 0 radical (unpaired) electrons. The Kier molecular flexibility index (Phi) is 5.40. The number of methoxy groups -OCH3 is 2. The lowest BCUT2D eigenvalue weighted by Gasteiger charge is -2.10. The minimum absolute atomic E-state index is 0.233. The average molecular weight is 438 g/mol. The van der Waals surface area contributed by atoms with E-state index < -0.39 is 0 Å². The van der Waals surface area contributed by atoms with Gasteiger partial charge in [-0.05, 0) is 36.8 Å². The highest BCUT2D eigenvalue weighted by Crippen LogP contribution is 2.31. The van der Waals surface area contributed by atoms with Crippen LogP contribution in [0.5, 0.6) is 11.9 Å². The van der Waals surface area contributed by atoms with Crippen LogP contribution in [0, 0.1) is 6.92 Å². The van der Waals surface area contributed by atoms with Gasteiger partial charge in [-0.25, -0.2) is 4.98 Å². The second-order valence-electron chi connectivity index (χ2n) is 7.57. The minimum Gasteiger partial charge on any atom is -0.480 e. The van der Waals surface area contributed by atoms with Crippen LogP contribution in [-0.4, -0.2) is 43.9 Å². The van der Waals surface area contributed by atoms with Crippen molar-refractivity contribution in [3.05, 3.63) is 78.5 Å². The number of aromatic nitrogens is 6. The summed E-state index contributed by atoms with van der Waals surface area (Å²) < 4.78 is 12.7. The number of hydrogen-bond acceptors (Lipinski definition) is 7. The predicted molar refractivity (Wildman–Crippen MR) is 125 cm³/mol. The quantitative estimate of drug-likeness (QED) is 0.390. The summed E-state index contributed by atoms with van der Waals surface area (Å²) in [6.07, 6.45) is 7.68. The van der Waals surface area contributed by atoms with Crippen LogP contribution in [0.1, 0.15) is 11.3 Å². The van der Waals surface area contributed by atoms with Crippen LogP contribution in [0.3, 0.4) is 0 Å². The Balaban J connectivity index is 1.49. The normalized spacial score (nSPS) is 11.0. The fourth-order valence-electron chi connectivity index (χ4n) is 3.85. The van der Waals surface area contributed by atoms with E-state index in [-0.39, 0.29) is 6.01 Å². The number of nitrogens with zero attached hydrogens (tertiary/aromatic N) is 6. The molecule has 0 aliphatic rings. The van der Waals surface area contributed by atoms with Crippen molar-refractivity contribution < 1.29 is 9.47 Å². The lowest BCUT2D eigenvalue weighted by molar-refractivity contribution is 0.353. The van der Waals surface area contributed by atoms with Gasteiger partial charge in [-0.2, -0.15) is 10.1 Å². The molecule has 0 aliphatic heterocycles. The van der Waals surface area contributed by atoms with Gasteiger partial charge in [0.2, 0.25) is 5.88 Å². The highest BCUT2D eigenvalue weighted by Gasteiger charge is 2.15. The van der Waals surface area contributed by atoms with Crippen LogP contribution in [0.4, 0.5) is 0 Å². The number of ether oxygens (including phenoxy) is 2. The minimum atomic E-state index is 0.233. The molecular weight excluding hydrogens is 416 g/mol. The van der Waals surface area contributed by atoms with Gasteiger partial charge in [0.1, 0.15) is 5.69 Å². The molecule has 4 heterocycles. The van der Waals surface area contributed by atoms with Gasteiger partial charge < -0.3 is 14.0 Å². The van der Waals surface area contributed by atoms with E-state index in [1.54, 1.807) is 13.3 Å². The zero-order valence-electron chi connectivity index (χ0n) is 18.6. The molecule has 0 fully saturated rings. The first-order valence-electron chi connectivity index (χ1n) is 10.4. The molecule has 5 rings (SSSR count). The molecule has 164 valence electrons. The predicted octanol–water partition coefficient (Wildman–Crippen LogP) is 4.32. The largest absolute Gasteiger partial charge is 0.480 e. The summed E-state index contributed by atoms with van der Waals surface area (Å²) in [7, 11) is 3.06. The molecule has 8 heteroatoms. The summed E-state index contributed by atoms with van der Waals surface area (Å²) in [5.41, 5.74) is 6.36. The number of hydrogen-bond donors (Lipinski definition) is 0. The van der Waals surface area contributed by atoms with Gasteiger partial charge in [-0.1, -0.05) is 18.2 Å². The monoisotopic (exact) mass is 438 g/mol. The fourth-order valence-corrected chi connectivity index (χ4v) is 3.85. The van der Waals surface area contributed by atoms with E-state index in [0.29, 0.717) is 17.1 Å². The second kappa shape index (κ2) is 8.66. The van der Waals surface area contributed by atoms with Crippen molar-refractivity contribution in [3.8, 4) is 34.3 Å². The molecule has 33 heavy (non-hydrogen) atoms. The van der Waals surface area contributed by atoms with Crippen molar-refractivity contribution in [1.29, 1.82) is 0 Å². The van der Waals surface area contributed by atoms with E-state index >= 15 is 0 Å². The Bertz CT molecular complexity index is 1440. The maximum atomic E-state index is 5.42. The Morgan fingerprint density at radius 2 is 1.82 bits per heavy atom. The maximum absolute atomic E-state index is 5.42. The third-order valence-electron chi connectivity index (χ3n) is 5.52. The van der Waals surface area contributed by atoms with E-state index in [1.807, 2.05) is 37.4 Å². The van der Waals surface area contributed by atoms with Crippen molar-refractivity contribution in [1.82, 2.24) is 29.7 Å². The van der Waals surface area contributed by atoms with Crippen LogP contribution >= 0.6 is 0 Å². The lowest BCUT2D eigenvalue weighted by atomic mass is 10.1. The van der Waals surface area contributed by atoms with E-state index in [9.17, 15) is 0 Å². The molecule has 0 unspecified atom stereocenters. The third kappa shape index (κ3) is 3.98. The maximum Gasteiger partial charge on any atom is 0.319 e. The Hall–Kier alpha value is -4.33. The molecule has 0 saturated carbocycles. The van der Waals surface area contributed by atoms with Gasteiger partial charge in [0, 0.05) is 47.8 Å². The smallest absolute Gasteiger partial charge is 0.319 e. The first-order valence-corrected chi connectivity index (χ1v) is 10.4. The number of aryl methyl sites for hydroxylation is 1. The summed E-state index contributed by atoms with van der Waals surface area (Å²) in [5.74, 6) is 0.382. The average Bonchev–Trinajstić information content (AvgIpc) is 3.32. The molecular formula is C25H22N6O2. The molecule has 0 bridgehead atoms. The third-order valence-corrected chi connectivity index (χ3v) is 5.52. The highest BCUT2D eigenvalue weighted by molar-refractivity contribution is 5.82. The summed E-state index contributed by atoms with van der Waals surface area (Å²) >= 11 is 0. The second-order valence-corrected chi connectivity index (χ2v) is 7.57. The van der Waals surface area contributed by atoms with Crippen LogP contribution in [-0.2, 0) is 6.54 Å². The van der Waals surface area contributed by atoms with Crippen molar-refractivity contribution in [2.45, 2.75) is 13.5 Å². The van der Waals surface area contributed by atoms with Crippen LogP contribution in [0.15, 0.2) is 67.3 Å². The van der Waals surface area contributed by atoms with Crippen molar-refractivity contribution in [3.63, 3.8) is 0 Å². The Morgan fingerprint density at radius 3 is 2.67 bits per heavy atom. The van der Waals surface area contributed by atoms with Crippen molar-refractivity contribution in [2.75, 3.05) is 14.2 Å². The van der Waals surface area contributed by atoms with Gasteiger partial charge in [-0.15, -0.1) is 5.10 Å². The van der Waals surface area contributed by atoms with Crippen LogP contribution < -0.4 is 9.47 Å². The molecule has 1 aromatic carbocycles. The summed E-state index contributed by atoms with van der Waals surface area (Å²) in [5, 5.41) is 9.88. The lowest BCUT2D eigenvalue weighted by Crippen LogP contribution is -2.00. The van der Waals surface area contributed by atoms with Gasteiger partial charge in [0.15, 0.2) is 0 Å². The molecule has 0 spiro atoms. The Labute approximate surface area is 190 Å². The number of para-hydroxylation sites is 1. The zero-order chi connectivity index (χ0) is 22.8. The summed E-state index contributed by atoms with van der Waals surface area (Å²) in [4.78, 5) is 12.9. The molecule has 0 amide bonds. The zero-order valence-corrected chi connectivity index (χ0v) is 18.6. The first-order chi connectivity index (χ1) is 16.2. The van der Waals surface area contributed by atoms with Crippen molar-refractivity contribution >= 4 is 10.9 Å². The van der Waals surface area contributed by atoms with Crippen molar-refractivity contribution in [2.24, 2.45) is 0 Å². The molecule has 5 aromatic rings. The number of rotatable bonds is 6. The van der Waals surface area contributed by atoms with E-state index in [1.165, 1.54) is 12.7 Å². The van der Waals surface area contributed by atoms with E-state index in [4.69, 9.17) is 9.47 Å². The standard InChI is InChI=1S/C25H22N6O2/c1-16-20(12-23(30-29-16)21-13-27-25(33-3)28-24(21)32-2)18-9-11-31(15-18)14-17-8-10-26-22-7-5-4-6-19(17)22/h4-13,15H,14H2,1-3H3. The molecule has 0 saturated heterocycles. The molecule has 8 nitrogen and oxygen atoms in total. The fraction of sp³-hybridized carbons (Fsp3) is 0.160. The topological polar surface area (TPSA) is 87.8 Å². The Morgan fingerprint density at radius 1 is 0.939 bits per heavy atom. The van der Waals surface area contributed by atoms with Gasteiger partial charge in [-0.3, -0.25) is 4.98 Å². The van der Waals surface area contributed by atoms with Gasteiger partial charge >= 0.3 is 6.01 Å². The first kappa shape index (κ1) is 20.6. The number of benzene rings is 1. The van der Waals surface area contributed by atoms with Gasteiger partial charge in [0.25, 0.3) is 0 Å². The van der Waals surface area contributed by atoms with E-state index in [0.717, 1.165) is 34.3 Å². The molecule has 0 aliphatic carbocycles.